The highest BCUT2D eigenvalue weighted by molar-refractivity contribution is 9.10. The zero-order valence-electron chi connectivity index (χ0n) is 15.3. The van der Waals surface area contributed by atoms with E-state index in [1.54, 1.807) is 6.92 Å². The SMILES string of the molecule is Cc1c(-c2ccc(-c3ccc(Br)cc3)cc2)nc2ccc(F)cc2c1OC(=O)O. The second kappa shape index (κ2) is 7.64. The van der Waals surface area contributed by atoms with Gasteiger partial charge in [0.25, 0.3) is 0 Å². The van der Waals surface area contributed by atoms with Gasteiger partial charge in [0.1, 0.15) is 11.6 Å². The number of carbonyl (C=O) groups is 1. The van der Waals surface area contributed by atoms with Gasteiger partial charge in [0, 0.05) is 21.0 Å². The first kappa shape index (κ1) is 19.1. The van der Waals surface area contributed by atoms with Gasteiger partial charge in [-0.25, -0.2) is 14.2 Å². The van der Waals surface area contributed by atoms with E-state index < -0.39 is 12.0 Å². The molecule has 1 heterocycles. The molecule has 0 bridgehead atoms. The van der Waals surface area contributed by atoms with E-state index in [2.05, 4.69) is 20.9 Å². The van der Waals surface area contributed by atoms with Crippen LogP contribution in [0.15, 0.2) is 71.2 Å². The van der Waals surface area contributed by atoms with Crippen molar-refractivity contribution in [2.45, 2.75) is 6.92 Å². The van der Waals surface area contributed by atoms with Crippen molar-refractivity contribution in [1.82, 2.24) is 4.98 Å². The van der Waals surface area contributed by atoms with Gasteiger partial charge in [0.05, 0.1) is 11.2 Å². The summed E-state index contributed by atoms with van der Waals surface area (Å²) in [5.41, 5.74) is 4.51. The summed E-state index contributed by atoms with van der Waals surface area (Å²) >= 11 is 3.43. The highest BCUT2D eigenvalue weighted by Gasteiger charge is 2.17. The van der Waals surface area contributed by atoms with Crippen LogP contribution in [0.3, 0.4) is 0 Å². The zero-order valence-corrected chi connectivity index (χ0v) is 16.9. The van der Waals surface area contributed by atoms with Crippen molar-refractivity contribution < 1.29 is 19.0 Å². The number of benzene rings is 3. The Morgan fingerprint density at radius 3 is 2.17 bits per heavy atom. The summed E-state index contributed by atoms with van der Waals surface area (Å²) in [5, 5.41) is 9.44. The number of hydrogen-bond acceptors (Lipinski definition) is 3. The lowest BCUT2D eigenvalue weighted by Crippen LogP contribution is -2.06. The third-order valence-electron chi connectivity index (χ3n) is 4.66. The number of pyridine rings is 1. The lowest BCUT2D eigenvalue weighted by Gasteiger charge is -2.14. The number of hydrogen-bond donors (Lipinski definition) is 1. The van der Waals surface area contributed by atoms with Gasteiger partial charge in [-0.05, 0) is 48.4 Å². The number of halogens is 2. The van der Waals surface area contributed by atoms with Crippen LogP contribution in [-0.2, 0) is 0 Å². The van der Waals surface area contributed by atoms with Crippen LogP contribution in [0.1, 0.15) is 5.56 Å². The Bertz CT molecular complexity index is 1220. The summed E-state index contributed by atoms with van der Waals surface area (Å²) < 4.78 is 19.7. The Morgan fingerprint density at radius 1 is 0.966 bits per heavy atom. The van der Waals surface area contributed by atoms with Crippen LogP contribution in [0.2, 0.25) is 0 Å². The molecule has 0 aliphatic heterocycles. The molecule has 4 nitrogen and oxygen atoms in total. The Labute approximate surface area is 174 Å². The van der Waals surface area contributed by atoms with Gasteiger partial charge in [-0.15, -0.1) is 0 Å². The van der Waals surface area contributed by atoms with E-state index in [9.17, 15) is 9.18 Å². The van der Waals surface area contributed by atoms with Gasteiger partial charge in [0.2, 0.25) is 0 Å². The van der Waals surface area contributed by atoms with E-state index in [1.165, 1.54) is 18.2 Å². The average molecular weight is 452 g/mol. The van der Waals surface area contributed by atoms with Crippen molar-refractivity contribution in [3.8, 4) is 28.1 Å². The van der Waals surface area contributed by atoms with E-state index in [0.29, 0.717) is 22.2 Å². The Hall–Kier alpha value is -3.25. The van der Waals surface area contributed by atoms with Crippen LogP contribution >= 0.6 is 15.9 Å². The second-order valence-electron chi connectivity index (χ2n) is 6.53. The molecule has 0 fully saturated rings. The molecule has 4 rings (SSSR count). The van der Waals surface area contributed by atoms with Crippen LogP contribution < -0.4 is 4.74 Å². The van der Waals surface area contributed by atoms with E-state index in [-0.39, 0.29) is 5.75 Å². The first-order chi connectivity index (χ1) is 13.9. The van der Waals surface area contributed by atoms with E-state index in [4.69, 9.17) is 9.84 Å². The molecule has 0 spiro atoms. The maximum atomic E-state index is 13.7. The van der Waals surface area contributed by atoms with Crippen molar-refractivity contribution in [2.24, 2.45) is 0 Å². The number of carboxylic acid groups (broad SMARTS) is 1. The van der Waals surface area contributed by atoms with Crippen LogP contribution in [0, 0.1) is 12.7 Å². The molecule has 144 valence electrons. The molecule has 29 heavy (non-hydrogen) atoms. The predicted octanol–water partition coefficient (Wildman–Crippen LogP) is 6.84. The zero-order chi connectivity index (χ0) is 20.5. The Kier molecular flexibility index (Phi) is 5.03. The van der Waals surface area contributed by atoms with Crippen molar-refractivity contribution in [3.63, 3.8) is 0 Å². The summed E-state index contributed by atoms with van der Waals surface area (Å²) in [5.74, 6) is -0.394. The van der Waals surface area contributed by atoms with Gasteiger partial charge in [-0.3, -0.25) is 0 Å². The summed E-state index contributed by atoms with van der Waals surface area (Å²) in [4.78, 5) is 15.8. The molecule has 0 radical (unpaired) electrons. The number of nitrogens with zero attached hydrogens (tertiary/aromatic N) is 1. The fraction of sp³-hybridized carbons (Fsp3) is 0.0435. The normalized spacial score (nSPS) is 10.9. The van der Waals surface area contributed by atoms with E-state index in [1.807, 2.05) is 48.5 Å². The molecular weight excluding hydrogens is 437 g/mol. The summed E-state index contributed by atoms with van der Waals surface area (Å²) in [7, 11) is 0. The molecule has 0 saturated heterocycles. The van der Waals surface area contributed by atoms with Gasteiger partial charge >= 0.3 is 6.16 Å². The van der Waals surface area contributed by atoms with Crippen LogP contribution in [0.4, 0.5) is 9.18 Å². The second-order valence-corrected chi connectivity index (χ2v) is 7.44. The summed E-state index contributed by atoms with van der Waals surface area (Å²) in [6.07, 6.45) is -1.46. The molecule has 0 saturated carbocycles. The minimum atomic E-state index is -1.46. The molecule has 0 aliphatic carbocycles. The fourth-order valence-electron chi connectivity index (χ4n) is 3.26. The highest BCUT2D eigenvalue weighted by atomic mass is 79.9. The first-order valence-electron chi connectivity index (χ1n) is 8.79. The fourth-order valence-corrected chi connectivity index (χ4v) is 3.53. The van der Waals surface area contributed by atoms with E-state index >= 15 is 0 Å². The van der Waals surface area contributed by atoms with Crippen LogP contribution in [0.25, 0.3) is 33.3 Å². The third kappa shape index (κ3) is 3.84. The highest BCUT2D eigenvalue weighted by Crippen LogP contribution is 2.36. The maximum absolute atomic E-state index is 13.7. The molecule has 6 heteroatoms. The largest absolute Gasteiger partial charge is 0.511 e. The molecule has 0 atom stereocenters. The van der Waals surface area contributed by atoms with Crippen molar-refractivity contribution in [1.29, 1.82) is 0 Å². The topological polar surface area (TPSA) is 59.4 Å². The minimum Gasteiger partial charge on any atom is -0.449 e. The van der Waals surface area contributed by atoms with Crippen molar-refractivity contribution in [2.75, 3.05) is 0 Å². The quantitative estimate of drug-likeness (QED) is 0.346. The Balaban J connectivity index is 1.83. The van der Waals surface area contributed by atoms with Crippen molar-refractivity contribution in [3.05, 3.63) is 82.6 Å². The lowest BCUT2D eigenvalue weighted by atomic mass is 9.99. The number of rotatable bonds is 3. The van der Waals surface area contributed by atoms with Crippen LogP contribution in [-0.4, -0.2) is 16.2 Å². The van der Waals surface area contributed by atoms with Crippen molar-refractivity contribution >= 4 is 33.0 Å². The van der Waals surface area contributed by atoms with E-state index in [0.717, 1.165) is 21.2 Å². The third-order valence-corrected chi connectivity index (χ3v) is 5.19. The van der Waals surface area contributed by atoms with Gasteiger partial charge in [-0.2, -0.15) is 0 Å². The predicted molar refractivity (Wildman–Crippen MR) is 114 cm³/mol. The van der Waals surface area contributed by atoms with Gasteiger partial charge < -0.3 is 9.84 Å². The summed E-state index contributed by atoms with van der Waals surface area (Å²) in [6, 6.07) is 19.8. The Morgan fingerprint density at radius 2 is 1.55 bits per heavy atom. The number of aromatic nitrogens is 1. The molecule has 3 aromatic carbocycles. The molecule has 0 aliphatic rings. The molecule has 4 aromatic rings. The monoisotopic (exact) mass is 451 g/mol. The number of fused-ring (bicyclic) bond motifs is 1. The smallest absolute Gasteiger partial charge is 0.449 e. The molecule has 0 unspecified atom stereocenters. The minimum absolute atomic E-state index is 0.0917. The molecule has 0 amide bonds. The van der Waals surface area contributed by atoms with Gasteiger partial charge in [-0.1, -0.05) is 52.3 Å². The van der Waals surface area contributed by atoms with Gasteiger partial charge in [0.15, 0.2) is 0 Å². The molecular formula is C23H15BrFNO3. The van der Waals surface area contributed by atoms with Crippen LogP contribution in [0.5, 0.6) is 5.75 Å². The average Bonchev–Trinajstić information content (AvgIpc) is 2.71. The molecule has 1 N–H and O–H groups in total. The molecule has 1 aromatic heterocycles. The lowest BCUT2D eigenvalue weighted by molar-refractivity contribution is 0.144. The first-order valence-corrected chi connectivity index (χ1v) is 9.58. The summed E-state index contributed by atoms with van der Waals surface area (Å²) in [6.45, 7) is 1.72. The standard InChI is InChI=1S/C23H15BrFNO3/c1-13-21(16-4-2-14(3-5-16)15-6-8-17(24)9-7-15)26-20-11-10-18(25)12-19(20)22(13)29-23(27)28/h2-12H,1H3,(H,27,28). The number of ether oxygens (including phenoxy) is 1. The maximum Gasteiger partial charge on any atom is 0.511 e.